The van der Waals surface area contributed by atoms with Gasteiger partial charge in [0.25, 0.3) is 0 Å². The number of amides is 7. The average Bonchev–Trinajstić information content (AvgIpc) is 3.65. The standard InChI is InChI=1S/C37H63N8O16P/c1-18(2)12-22(16-62(60,61)17-40-34(56)24(13-19(3)4)44-36(58)26-8-7-11-45(26)37(59)30(38)21(6)46)32(54)42-23(9-10-27(47)48)35(57)41-20(5)31(53)43-25(14-28(49)50)33(55)39-15-29(51)52/h18-26,30,46H,7-17,38H2,1-6H3,(H,39,55)(H,40,56)(H,41,57)(H,42,54)(H,43,53)(H,44,58)(H,47,48)(H,49,50)(H,51,52)(H,60,61)/t20-,21?,22+,23-,24-,25-,26-,30-/m0/s1. The van der Waals surface area contributed by atoms with Gasteiger partial charge in [0.05, 0.1) is 18.8 Å². The summed E-state index contributed by atoms with van der Waals surface area (Å²) in [5.41, 5.74) is 5.81. The maximum atomic E-state index is 13.7. The molecule has 25 heteroatoms. The third-order valence-electron chi connectivity index (χ3n) is 9.57. The van der Waals surface area contributed by atoms with Crippen molar-refractivity contribution in [2.45, 2.75) is 129 Å². The largest absolute Gasteiger partial charge is 0.481 e. The molecule has 13 N–H and O–H groups in total. The molecule has 9 atom stereocenters. The smallest absolute Gasteiger partial charge is 0.322 e. The summed E-state index contributed by atoms with van der Waals surface area (Å²) < 4.78 is 13.6. The van der Waals surface area contributed by atoms with E-state index in [9.17, 15) is 67.6 Å². The zero-order chi connectivity index (χ0) is 47.6. The fourth-order valence-corrected chi connectivity index (χ4v) is 7.95. The molecule has 1 heterocycles. The summed E-state index contributed by atoms with van der Waals surface area (Å²) in [5, 5.41) is 50.7. The van der Waals surface area contributed by atoms with Crippen LogP contribution in [0.4, 0.5) is 0 Å². The number of hydrogen-bond acceptors (Lipinski definition) is 13. The predicted molar refractivity (Wildman–Crippen MR) is 218 cm³/mol. The number of carbonyl (C=O) groups excluding carboxylic acids is 7. The number of rotatable bonds is 27. The van der Waals surface area contributed by atoms with E-state index >= 15 is 0 Å². The summed E-state index contributed by atoms with van der Waals surface area (Å²) in [6.07, 6.45) is -4.00. The fraction of sp³-hybridized carbons (Fsp3) is 0.730. The maximum absolute atomic E-state index is 13.7. The first kappa shape index (κ1) is 54.8. The Morgan fingerprint density at radius 1 is 0.710 bits per heavy atom. The van der Waals surface area contributed by atoms with Crippen LogP contribution in [0.25, 0.3) is 0 Å². The number of carboxylic acids is 3. The Morgan fingerprint density at radius 2 is 1.29 bits per heavy atom. The molecule has 1 fully saturated rings. The molecule has 0 radical (unpaired) electrons. The monoisotopic (exact) mass is 906 g/mol. The van der Waals surface area contributed by atoms with E-state index in [1.165, 1.54) is 11.8 Å². The van der Waals surface area contributed by atoms with E-state index in [4.69, 9.17) is 15.9 Å². The van der Waals surface area contributed by atoms with E-state index in [1.807, 2.05) is 5.32 Å². The normalized spacial score (nSPS) is 18.1. The summed E-state index contributed by atoms with van der Waals surface area (Å²) in [5.74, 6) is -12.4. The van der Waals surface area contributed by atoms with Crippen molar-refractivity contribution in [2.75, 3.05) is 25.5 Å². The molecule has 0 aromatic heterocycles. The lowest BCUT2D eigenvalue weighted by molar-refractivity contribution is -0.142. The number of carbonyl (C=O) groups is 10. The predicted octanol–water partition coefficient (Wildman–Crippen LogP) is -2.76. The molecular weight excluding hydrogens is 843 g/mol. The Bertz CT molecular complexity index is 1690. The number of aliphatic carboxylic acids is 3. The van der Waals surface area contributed by atoms with Crippen LogP contribution in [0.2, 0.25) is 0 Å². The number of carboxylic acid groups (broad SMARTS) is 3. The van der Waals surface area contributed by atoms with E-state index in [1.54, 1.807) is 27.7 Å². The van der Waals surface area contributed by atoms with Crippen LogP contribution in [0.5, 0.6) is 0 Å². The van der Waals surface area contributed by atoms with Crippen LogP contribution in [0.1, 0.15) is 86.5 Å². The van der Waals surface area contributed by atoms with Gasteiger partial charge in [0.15, 0.2) is 0 Å². The minimum Gasteiger partial charge on any atom is -0.481 e. The second-order valence-corrected chi connectivity index (χ2v) is 18.6. The van der Waals surface area contributed by atoms with Gasteiger partial charge in [-0.1, -0.05) is 27.7 Å². The third kappa shape index (κ3) is 19.7. The van der Waals surface area contributed by atoms with Crippen LogP contribution < -0.4 is 37.6 Å². The summed E-state index contributed by atoms with van der Waals surface area (Å²) >= 11 is 0. The first-order chi connectivity index (χ1) is 28.6. The molecule has 2 unspecified atom stereocenters. The van der Waals surface area contributed by atoms with Gasteiger partial charge in [-0.05, 0) is 57.8 Å². The van der Waals surface area contributed by atoms with E-state index in [0.717, 1.165) is 6.92 Å². The van der Waals surface area contributed by atoms with Gasteiger partial charge in [-0.3, -0.25) is 52.5 Å². The molecule has 7 amide bonds. The summed E-state index contributed by atoms with van der Waals surface area (Å²) in [6.45, 7) is 8.74. The van der Waals surface area contributed by atoms with Crippen molar-refractivity contribution in [1.29, 1.82) is 0 Å². The molecule has 0 spiro atoms. The first-order valence-corrected chi connectivity index (χ1v) is 22.2. The van der Waals surface area contributed by atoms with E-state index in [-0.39, 0.29) is 37.6 Å². The minimum atomic E-state index is -4.41. The average molecular weight is 907 g/mol. The van der Waals surface area contributed by atoms with Gasteiger partial charge >= 0.3 is 17.9 Å². The fourth-order valence-electron chi connectivity index (χ4n) is 6.41. The number of aliphatic hydroxyl groups excluding tert-OH is 1. The van der Waals surface area contributed by atoms with E-state index in [2.05, 4.69) is 26.6 Å². The highest BCUT2D eigenvalue weighted by Gasteiger charge is 2.39. The Morgan fingerprint density at radius 3 is 1.82 bits per heavy atom. The van der Waals surface area contributed by atoms with Gasteiger partial charge in [-0.25, -0.2) is 0 Å². The number of aliphatic hydroxyl groups is 1. The van der Waals surface area contributed by atoms with Crippen molar-refractivity contribution in [3.63, 3.8) is 0 Å². The molecular formula is C37H63N8O16P. The number of nitrogens with zero attached hydrogens (tertiary/aromatic N) is 1. The maximum Gasteiger partial charge on any atom is 0.322 e. The highest BCUT2D eigenvalue weighted by atomic mass is 31.2. The van der Waals surface area contributed by atoms with Crippen molar-refractivity contribution in [3.8, 4) is 0 Å². The highest BCUT2D eigenvalue weighted by molar-refractivity contribution is 7.58. The van der Waals surface area contributed by atoms with Crippen molar-refractivity contribution < 1.29 is 77.8 Å². The molecule has 24 nitrogen and oxygen atoms in total. The lowest BCUT2D eigenvalue weighted by Gasteiger charge is -2.29. The van der Waals surface area contributed by atoms with Crippen molar-refractivity contribution in [1.82, 2.24) is 36.8 Å². The topological polar surface area (TPSA) is 390 Å². The molecule has 62 heavy (non-hydrogen) atoms. The van der Waals surface area contributed by atoms with Gasteiger partial charge in [0.1, 0.15) is 42.8 Å². The van der Waals surface area contributed by atoms with Gasteiger partial charge in [-0.2, -0.15) is 0 Å². The Hall–Kier alpha value is -5.19. The Balaban J connectivity index is 3.14. The lowest BCUT2D eigenvalue weighted by Crippen LogP contribution is -2.57. The van der Waals surface area contributed by atoms with Crippen LogP contribution in [0.3, 0.4) is 0 Å². The Kier molecular flexibility index (Phi) is 22.7. The van der Waals surface area contributed by atoms with Crippen LogP contribution in [-0.4, -0.2) is 157 Å². The van der Waals surface area contributed by atoms with Gasteiger partial charge in [-0.15, -0.1) is 0 Å². The molecule has 0 aromatic carbocycles. The molecule has 1 aliphatic rings. The van der Waals surface area contributed by atoms with Crippen molar-refractivity contribution in [2.24, 2.45) is 23.5 Å². The highest BCUT2D eigenvalue weighted by Crippen LogP contribution is 2.42. The van der Waals surface area contributed by atoms with Gasteiger partial charge in [0, 0.05) is 25.0 Å². The van der Waals surface area contributed by atoms with Crippen molar-refractivity contribution >= 4 is 66.6 Å². The van der Waals surface area contributed by atoms with Crippen molar-refractivity contribution in [3.05, 3.63) is 0 Å². The number of hydrogen-bond donors (Lipinski definition) is 12. The SMILES string of the molecule is CC(C)C[C@H](CP(=O)(O)CNC(=O)[C@H](CC(C)C)NC(=O)[C@@H]1CCCN1C(=O)[C@@H](N)C(C)O)C(=O)N[C@@H](CCC(=O)O)C(=O)N[C@@H](C)C(=O)N[C@@H](CC(=O)O)C(=O)NCC(=O)O. The van der Waals surface area contributed by atoms with Crippen LogP contribution in [0, 0.1) is 17.8 Å². The molecule has 352 valence electrons. The van der Waals surface area contributed by atoms with Gasteiger partial charge < -0.3 is 67.9 Å². The number of nitrogens with two attached hydrogens (primary N) is 1. The van der Waals surface area contributed by atoms with Crippen LogP contribution in [-0.2, 0) is 52.5 Å². The molecule has 1 rings (SSSR count). The number of nitrogens with one attached hydrogen (secondary N) is 6. The Labute approximate surface area is 358 Å². The minimum absolute atomic E-state index is 0.00727. The van der Waals surface area contributed by atoms with E-state index in [0.29, 0.717) is 6.42 Å². The zero-order valence-electron chi connectivity index (χ0n) is 35.8. The lowest BCUT2D eigenvalue weighted by atomic mass is 9.97. The quantitative estimate of drug-likeness (QED) is 0.0371. The summed E-state index contributed by atoms with van der Waals surface area (Å²) in [7, 11) is -4.41. The molecule has 0 saturated carbocycles. The molecule has 1 saturated heterocycles. The second-order valence-electron chi connectivity index (χ2n) is 16.2. The summed E-state index contributed by atoms with van der Waals surface area (Å²) in [4.78, 5) is 138. The molecule has 0 aliphatic carbocycles. The second kappa shape index (κ2) is 25.7. The summed E-state index contributed by atoms with van der Waals surface area (Å²) in [6, 6.07) is -8.33. The molecule has 0 aromatic rings. The zero-order valence-corrected chi connectivity index (χ0v) is 36.6. The molecule has 0 bridgehead atoms. The van der Waals surface area contributed by atoms with E-state index < -0.39 is 153 Å². The van der Waals surface area contributed by atoms with Crippen LogP contribution in [0.15, 0.2) is 0 Å². The number of likely N-dealkylation sites (tertiary alicyclic amines) is 1. The first-order valence-electron chi connectivity index (χ1n) is 20.1. The molecule has 1 aliphatic heterocycles. The third-order valence-corrected chi connectivity index (χ3v) is 11.2. The van der Waals surface area contributed by atoms with Crippen LogP contribution >= 0.6 is 7.37 Å². The van der Waals surface area contributed by atoms with Gasteiger partial charge in [0.2, 0.25) is 48.7 Å².